The van der Waals surface area contributed by atoms with E-state index in [0.29, 0.717) is 5.56 Å². The predicted molar refractivity (Wildman–Crippen MR) is 48.9 cm³/mol. The topological polar surface area (TPSA) is 17.1 Å². The molecule has 1 rings (SSSR count). The molecule has 0 atom stereocenters. The minimum atomic E-state index is -0.411. The molecule has 0 aliphatic heterocycles. The van der Waals surface area contributed by atoms with Crippen LogP contribution in [-0.4, -0.2) is 5.78 Å². The molecule has 0 radical (unpaired) electrons. The maximum atomic E-state index is 12.7. The molecule has 0 unspecified atom stereocenters. The second-order valence-electron chi connectivity index (χ2n) is 2.76. The number of aryl methyl sites for hydroxylation is 1. The van der Waals surface area contributed by atoms with Gasteiger partial charge in [0, 0.05) is 5.56 Å². The van der Waals surface area contributed by atoms with Gasteiger partial charge in [0.15, 0.2) is 5.78 Å². The fraction of sp³-hybridized carbons (Fsp3) is 0.182. The summed E-state index contributed by atoms with van der Waals surface area (Å²) in [5, 5.41) is 0. The van der Waals surface area contributed by atoms with Crippen LogP contribution in [0.4, 0.5) is 4.39 Å². The molecule has 1 nitrogen and oxygen atoms in total. The fourth-order valence-electron chi connectivity index (χ4n) is 1.08. The molecular formula is C11H9FO. The molecule has 2 heteroatoms. The number of carbonyl (C=O) groups is 1. The van der Waals surface area contributed by atoms with Gasteiger partial charge in [0.05, 0.1) is 6.42 Å². The third-order valence-electron chi connectivity index (χ3n) is 1.76. The lowest BCUT2D eigenvalue weighted by atomic mass is 10.0. The molecule has 1 aromatic rings. The lowest BCUT2D eigenvalue weighted by Crippen LogP contribution is -2.00. The Hall–Kier alpha value is -1.62. The van der Waals surface area contributed by atoms with Crippen molar-refractivity contribution in [3.8, 4) is 12.3 Å². The molecule has 0 bridgehead atoms. The summed E-state index contributed by atoms with van der Waals surface area (Å²) < 4.78 is 12.7. The monoisotopic (exact) mass is 176 g/mol. The summed E-state index contributed by atoms with van der Waals surface area (Å²) in [6.45, 7) is 1.75. The van der Waals surface area contributed by atoms with Crippen molar-refractivity contribution in [1.29, 1.82) is 0 Å². The highest BCUT2D eigenvalue weighted by Crippen LogP contribution is 2.11. The maximum absolute atomic E-state index is 12.7. The Labute approximate surface area is 76.6 Å². The van der Waals surface area contributed by atoms with Crippen LogP contribution in [0.1, 0.15) is 22.3 Å². The summed E-state index contributed by atoms with van der Waals surface area (Å²) in [4.78, 5) is 11.3. The number of carbonyl (C=O) groups excluding carboxylic acids is 1. The van der Waals surface area contributed by atoms with Gasteiger partial charge in [-0.3, -0.25) is 4.79 Å². The van der Waals surface area contributed by atoms with E-state index in [1.54, 1.807) is 13.0 Å². The Morgan fingerprint density at radius 2 is 2.31 bits per heavy atom. The summed E-state index contributed by atoms with van der Waals surface area (Å²) >= 11 is 0. The number of terminal acetylenes is 1. The lowest BCUT2D eigenvalue weighted by Gasteiger charge is -2.01. The van der Waals surface area contributed by atoms with Crippen LogP contribution < -0.4 is 0 Å². The van der Waals surface area contributed by atoms with Gasteiger partial charge in [0.2, 0.25) is 0 Å². The minimum Gasteiger partial charge on any atom is -0.293 e. The quantitative estimate of drug-likeness (QED) is 0.499. The molecule has 0 heterocycles. The number of rotatable bonds is 2. The molecule has 13 heavy (non-hydrogen) atoms. The Kier molecular flexibility index (Phi) is 2.81. The van der Waals surface area contributed by atoms with Gasteiger partial charge in [-0.15, -0.1) is 6.42 Å². The number of ketones is 1. The number of halogens is 1. The van der Waals surface area contributed by atoms with Crippen molar-refractivity contribution in [2.24, 2.45) is 0 Å². The zero-order valence-electron chi connectivity index (χ0n) is 7.30. The van der Waals surface area contributed by atoms with Crippen LogP contribution in [0.15, 0.2) is 18.2 Å². The maximum Gasteiger partial charge on any atom is 0.175 e. The van der Waals surface area contributed by atoms with Gasteiger partial charge < -0.3 is 0 Å². The number of benzene rings is 1. The normalized spacial score (nSPS) is 9.31. The summed E-state index contributed by atoms with van der Waals surface area (Å²) in [5.74, 6) is 1.62. The summed E-state index contributed by atoms with van der Waals surface area (Å²) in [7, 11) is 0. The number of Topliss-reactive ketones (excluding diaryl/α,β-unsaturated/α-hetero) is 1. The van der Waals surface area contributed by atoms with E-state index in [1.165, 1.54) is 12.1 Å². The van der Waals surface area contributed by atoms with Gasteiger partial charge in [0.1, 0.15) is 5.82 Å². The highest BCUT2D eigenvalue weighted by atomic mass is 19.1. The minimum absolute atomic E-state index is 0.0181. The molecule has 1 aromatic carbocycles. The van der Waals surface area contributed by atoms with Crippen molar-refractivity contribution in [3.63, 3.8) is 0 Å². The summed E-state index contributed by atoms with van der Waals surface area (Å²) in [6.07, 6.45) is 5.01. The van der Waals surface area contributed by atoms with Crippen molar-refractivity contribution in [2.75, 3.05) is 0 Å². The molecule has 0 saturated carbocycles. The van der Waals surface area contributed by atoms with E-state index in [1.807, 2.05) is 0 Å². The molecule has 0 amide bonds. The van der Waals surface area contributed by atoms with Crippen molar-refractivity contribution in [3.05, 3.63) is 35.1 Å². The van der Waals surface area contributed by atoms with E-state index in [0.717, 1.165) is 5.56 Å². The number of hydrogen-bond acceptors (Lipinski definition) is 1. The first kappa shape index (κ1) is 9.47. The Morgan fingerprint density at radius 1 is 1.62 bits per heavy atom. The van der Waals surface area contributed by atoms with Crippen LogP contribution in [0.3, 0.4) is 0 Å². The third kappa shape index (κ3) is 2.16. The summed E-state index contributed by atoms with van der Waals surface area (Å²) in [6, 6.07) is 4.11. The highest BCUT2D eigenvalue weighted by molar-refractivity contribution is 5.98. The van der Waals surface area contributed by atoms with Crippen LogP contribution in [0, 0.1) is 25.1 Å². The van der Waals surface area contributed by atoms with E-state index in [4.69, 9.17) is 6.42 Å². The fourth-order valence-corrected chi connectivity index (χ4v) is 1.08. The Balaban J connectivity index is 3.07. The van der Waals surface area contributed by atoms with E-state index in [-0.39, 0.29) is 12.2 Å². The van der Waals surface area contributed by atoms with E-state index in [9.17, 15) is 9.18 Å². The smallest absolute Gasteiger partial charge is 0.175 e. The zero-order valence-corrected chi connectivity index (χ0v) is 7.30. The average molecular weight is 176 g/mol. The molecule has 0 aliphatic carbocycles. The van der Waals surface area contributed by atoms with Crippen molar-refractivity contribution in [2.45, 2.75) is 13.3 Å². The van der Waals surface area contributed by atoms with Crippen molar-refractivity contribution in [1.82, 2.24) is 0 Å². The first-order valence-electron chi connectivity index (χ1n) is 3.88. The van der Waals surface area contributed by atoms with Gasteiger partial charge in [0.25, 0.3) is 0 Å². The molecular weight excluding hydrogens is 167 g/mol. The largest absolute Gasteiger partial charge is 0.293 e. The van der Waals surface area contributed by atoms with E-state index in [2.05, 4.69) is 5.92 Å². The van der Waals surface area contributed by atoms with Gasteiger partial charge in [-0.2, -0.15) is 0 Å². The molecule has 0 fully saturated rings. The van der Waals surface area contributed by atoms with Gasteiger partial charge in [-0.05, 0) is 24.6 Å². The molecule has 0 saturated heterocycles. The molecule has 66 valence electrons. The van der Waals surface area contributed by atoms with E-state index >= 15 is 0 Å². The van der Waals surface area contributed by atoms with Gasteiger partial charge >= 0.3 is 0 Å². The lowest BCUT2D eigenvalue weighted by molar-refractivity contribution is 0.0997. The van der Waals surface area contributed by atoms with Gasteiger partial charge in [-0.25, -0.2) is 4.39 Å². The van der Waals surface area contributed by atoms with Crippen molar-refractivity contribution >= 4 is 5.78 Å². The number of hydrogen-bond donors (Lipinski definition) is 0. The zero-order chi connectivity index (χ0) is 9.84. The molecule has 0 spiro atoms. The van der Waals surface area contributed by atoms with Crippen molar-refractivity contribution < 1.29 is 9.18 Å². The Morgan fingerprint density at radius 3 is 2.92 bits per heavy atom. The third-order valence-corrected chi connectivity index (χ3v) is 1.76. The van der Waals surface area contributed by atoms with Crippen LogP contribution in [0.2, 0.25) is 0 Å². The first-order chi connectivity index (χ1) is 6.15. The van der Waals surface area contributed by atoms with Gasteiger partial charge in [-0.1, -0.05) is 12.0 Å². The molecule has 0 N–H and O–H groups in total. The van der Waals surface area contributed by atoms with Crippen LogP contribution in [-0.2, 0) is 0 Å². The first-order valence-corrected chi connectivity index (χ1v) is 3.88. The SMILES string of the molecule is C#CCC(=O)c1cc(F)ccc1C. The highest BCUT2D eigenvalue weighted by Gasteiger charge is 2.08. The standard InChI is InChI=1S/C11H9FO/c1-3-4-11(13)10-7-9(12)6-5-8(10)2/h1,5-7H,4H2,2H3. The molecule has 0 aliphatic rings. The predicted octanol–water partition coefficient (Wildman–Crippen LogP) is 2.34. The second kappa shape index (κ2) is 3.86. The summed E-state index contributed by atoms with van der Waals surface area (Å²) in [5.41, 5.74) is 1.12. The molecule has 0 aromatic heterocycles. The van der Waals surface area contributed by atoms with Crippen LogP contribution >= 0.6 is 0 Å². The average Bonchev–Trinajstić information content (AvgIpc) is 2.09. The van der Waals surface area contributed by atoms with E-state index < -0.39 is 5.82 Å². The Bertz CT molecular complexity index is 374. The van der Waals surface area contributed by atoms with Crippen LogP contribution in [0.25, 0.3) is 0 Å². The second-order valence-corrected chi connectivity index (χ2v) is 2.76. The van der Waals surface area contributed by atoms with Crippen LogP contribution in [0.5, 0.6) is 0 Å².